The Kier molecular flexibility index (Phi) is 18.8. The van der Waals surface area contributed by atoms with Crippen LogP contribution in [0.25, 0.3) is 0 Å². The molecule has 1 aromatic rings. The average Bonchev–Trinajstić information content (AvgIpc) is 2.71. The number of aromatic amines is 1. The molecule has 14 nitrogen and oxygen atoms in total. The predicted molar refractivity (Wildman–Crippen MR) is 80.6 cm³/mol. The molecule has 150 valence electrons. The first kappa shape index (κ1) is 36.4. The van der Waals surface area contributed by atoms with Gasteiger partial charge in [-0.25, -0.2) is 13.9 Å². The first-order valence-corrected chi connectivity index (χ1v) is 9.49. The fourth-order valence-electron chi connectivity index (χ4n) is 2.05. The van der Waals surface area contributed by atoms with Crippen molar-refractivity contribution in [3.05, 3.63) is 33.1 Å². The Balaban J connectivity index is -0.000000169. The summed E-state index contributed by atoms with van der Waals surface area (Å²) in [7, 11) is -10.5. The van der Waals surface area contributed by atoms with Crippen LogP contribution in [0, 0.1) is 0 Å². The van der Waals surface area contributed by atoms with Gasteiger partial charge in [-0.3, -0.25) is 18.9 Å². The van der Waals surface area contributed by atoms with E-state index < -0.39 is 58.0 Å². The van der Waals surface area contributed by atoms with Crippen LogP contribution in [-0.2, 0) is 22.7 Å². The zero-order valence-corrected chi connectivity index (χ0v) is 25.9. The average molecular weight is 500 g/mol. The molecule has 2 heterocycles. The largest absolute Gasteiger partial charge is 1.00 e. The molecule has 0 spiro atoms. The quantitative estimate of drug-likeness (QED) is 0.159. The molecule has 1 fully saturated rings. The van der Waals surface area contributed by atoms with Crippen molar-refractivity contribution in [2.75, 3.05) is 6.61 Å². The van der Waals surface area contributed by atoms with E-state index in [4.69, 9.17) is 19.4 Å². The van der Waals surface area contributed by atoms with Gasteiger partial charge in [0.1, 0.15) is 18.3 Å². The van der Waals surface area contributed by atoms with Crippen LogP contribution in [0.3, 0.4) is 0 Å². The minimum atomic E-state index is -5.32. The molecule has 20 heteroatoms. The molecule has 0 aromatic carbocycles. The Morgan fingerprint density at radius 2 is 1.66 bits per heavy atom. The molecule has 1 aliphatic rings. The summed E-state index contributed by atoms with van der Waals surface area (Å²) in [6.45, 7) is -0.902. The zero-order chi connectivity index (χ0) is 19.0. The molecular weight excluding hydrogens is 482 g/mol. The Bertz CT molecular complexity index is 863. The van der Waals surface area contributed by atoms with E-state index in [0.29, 0.717) is 0 Å². The van der Waals surface area contributed by atoms with Crippen molar-refractivity contribution in [2.45, 2.75) is 24.5 Å². The maximum Gasteiger partial charge on any atom is 1.00 e. The van der Waals surface area contributed by atoms with Crippen LogP contribution >= 0.6 is 15.6 Å². The number of rotatable bonds is 6. The van der Waals surface area contributed by atoms with Crippen LogP contribution in [0.4, 0.5) is 0 Å². The van der Waals surface area contributed by atoms with Gasteiger partial charge in [0.25, 0.3) is 5.56 Å². The smallest absolute Gasteiger partial charge is 1.00 e. The summed E-state index contributed by atoms with van der Waals surface area (Å²) < 4.78 is 35.6. The number of aromatic nitrogens is 2. The maximum atomic E-state index is 11.7. The number of nitrogens with zero attached hydrogens (tertiary/aromatic N) is 1. The van der Waals surface area contributed by atoms with Gasteiger partial charge < -0.3 is 35.3 Å². The fraction of sp³-hybridized carbons (Fsp3) is 0.556. The molecule has 0 radical (unpaired) electrons. The van der Waals surface area contributed by atoms with Crippen molar-refractivity contribution >= 4 is 15.6 Å². The van der Waals surface area contributed by atoms with E-state index in [2.05, 4.69) is 8.83 Å². The number of H-pyrrole nitrogens is 1. The maximum absolute atomic E-state index is 11.7. The standard InChI is InChI=1S/C9H14N2O12P2.4Na.4H/c12-5-1-2-11(9(15)10-5)8-7(14)6(13)4(22-8)3-21-25(19,20)23-24(16,17)18;;;;;;;;/h1-2,4,6-8,13-14H,3H2,(H,19,20)(H,10,12,15)(H2,16,17,18);;;;;;;;/q;4*+1;4*-1/t4-,6-,7-,8-;;;;;;;;/m1......../s1. The first-order chi connectivity index (χ1) is 11.4. The summed E-state index contributed by atoms with van der Waals surface area (Å²) in [5, 5.41) is 19.8. The number of phosphoric acid groups is 2. The Morgan fingerprint density at radius 3 is 2.14 bits per heavy atom. The molecule has 5 atom stereocenters. The van der Waals surface area contributed by atoms with Gasteiger partial charge in [-0.05, 0) is 0 Å². The Morgan fingerprint density at radius 1 is 1.10 bits per heavy atom. The van der Waals surface area contributed by atoms with Crippen molar-refractivity contribution < 1.29 is 172 Å². The molecule has 1 saturated heterocycles. The van der Waals surface area contributed by atoms with Crippen LogP contribution < -0.4 is 129 Å². The van der Waals surface area contributed by atoms with Crippen molar-refractivity contribution in [2.24, 2.45) is 0 Å². The van der Waals surface area contributed by atoms with Gasteiger partial charge in [-0.1, -0.05) is 0 Å². The molecule has 2 rings (SSSR count). The molecular formula is C9H18N2Na4O12P2. The van der Waals surface area contributed by atoms with E-state index in [0.717, 1.165) is 16.8 Å². The van der Waals surface area contributed by atoms with E-state index in [-0.39, 0.29) is 124 Å². The van der Waals surface area contributed by atoms with Gasteiger partial charge in [0.15, 0.2) is 6.23 Å². The van der Waals surface area contributed by atoms with Gasteiger partial charge in [-0.15, -0.1) is 0 Å². The predicted octanol–water partition coefficient (Wildman–Crippen LogP) is -14.2. The number of hydrogen-bond donors (Lipinski definition) is 6. The topological polar surface area (TPSA) is 218 Å². The van der Waals surface area contributed by atoms with E-state index in [1.54, 1.807) is 0 Å². The molecule has 0 bridgehead atoms. The van der Waals surface area contributed by atoms with Crippen molar-refractivity contribution in [3.63, 3.8) is 0 Å². The monoisotopic (exact) mass is 500 g/mol. The van der Waals surface area contributed by atoms with Crippen molar-refractivity contribution in [1.29, 1.82) is 0 Å². The Labute approximate surface area is 257 Å². The number of aliphatic hydroxyl groups is 2. The summed E-state index contributed by atoms with van der Waals surface area (Å²) in [6, 6.07) is 0.962. The number of aliphatic hydroxyl groups excluding tert-OH is 2. The van der Waals surface area contributed by atoms with Gasteiger partial charge in [-0.2, -0.15) is 4.31 Å². The second-order valence-electron chi connectivity index (χ2n) is 4.90. The molecule has 1 unspecified atom stereocenters. The molecule has 1 aromatic heterocycles. The summed E-state index contributed by atoms with van der Waals surface area (Å²) in [4.78, 5) is 50.7. The number of phosphoric ester groups is 1. The molecule has 1 aliphatic heterocycles. The molecule has 6 N–H and O–H groups in total. The summed E-state index contributed by atoms with van der Waals surface area (Å²) in [6.07, 6.45) is -5.25. The summed E-state index contributed by atoms with van der Waals surface area (Å²) in [5.74, 6) is 0. The third-order valence-corrected chi connectivity index (χ3v) is 5.23. The van der Waals surface area contributed by atoms with Crippen LogP contribution in [0.2, 0.25) is 0 Å². The van der Waals surface area contributed by atoms with Crippen LogP contribution in [0.1, 0.15) is 11.9 Å². The zero-order valence-electron chi connectivity index (χ0n) is 20.1. The molecule has 0 aliphatic carbocycles. The SMILES string of the molecule is O=c1ccn([C@@H]2O[C@H](COP(=O)(O)OP(=O)(O)O)[C@@H](O)[C@H]2O)c(=O)[nH]1.[H-].[H-].[H-].[H-].[Na+].[Na+].[Na+].[Na+]. The van der Waals surface area contributed by atoms with E-state index in [9.17, 15) is 28.9 Å². The van der Waals surface area contributed by atoms with Crippen LogP contribution in [0.5, 0.6) is 0 Å². The minimum Gasteiger partial charge on any atom is -1.00 e. The normalized spacial score (nSPS) is 25.4. The van der Waals surface area contributed by atoms with Gasteiger partial charge in [0.2, 0.25) is 0 Å². The number of nitrogens with one attached hydrogen (secondary N) is 1. The van der Waals surface area contributed by atoms with Gasteiger partial charge >= 0.3 is 140 Å². The summed E-state index contributed by atoms with van der Waals surface area (Å²) in [5.41, 5.74) is -1.65. The Hall–Kier alpha value is 2.82. The van der Waals surface area contributed by atoms with Crippen LogP contribution in [-0.4, -0.2) is 59.4 Å². The molecule has 29 heavy (non-hydrogen) atoms. The van der Waals surface area contributed by atoms with Gasteiger partial charge in [0.05, 0.1) is 6.61 Å². The summed E-state index contributed by atoms with van der Waals surface area (Å²) >= 11 is 0. The van der Waals surface area contributed by atoms with E-state index in [1.165, 1.54) is 0 Å². The van der Waals surface area contributed by atoms with Gasteiger partial charge in [0, 0.05) is 12.3 Å². The third kappa shape index (κ3) is 11.2. The molecule has 0 saturated carbocycles. The third-order valence-electron chi connectivity index (χ3n) is 3.07. The van der Waals surface area contributed by atoms with E-state index in [1.807, 2.05) is 4.98 Å². The van der Waals surface area contributed by atoms with E-state index >= 15 is 0 Å². The number of hydrogen-bond acceptors (Lipinski definition) is 9. The minimum absolute atomic E-state index is 0. The number of ether oxygens (including phenoxy) is 1. The second kappa shape index (κ2) is 14.9. The first-order valence-electron chi connectivity index (χ1n) is 6.47. The van der Waals surface area contributed by atoms with Crippen LogP contribution in [0.15, 0.2) is 21.9 Å². The fourth-order valence-corrected chi connectivity index (χ4v) is 3.65. The van der Waals surface area contributed by atoms with Crippen molar-refractivity contribution in [1.82, 2.24) is 9.55 Å². The second-order valence-corrected chi connectivity index (χ2v) is 7.73. The van der Waals surface area contributed by atoms with Crippen molar-refractivity contribution in [3.8, 4) is 0 Å². The molecule has 0 amide bonds.